The Morgan fingerprint density at radius 2 is 1.94 bits per heavy atom. The number of ether oxygens (including phenoxy) is 1. The molecule has 0 amide bonds. The summed E-state index contributed by atoms with van der Waals surface area (Å²) in [5.74, 6) is 0.990. The van der Waals surface area contributed by atoms with E-state index in [1.54, 1.807) is 0 Å². The van der Waals surface area contributed by atoms with Crippen molar-refractivity contribution in [3.63, 3.8) is 0 Å². The number of benzene rings is 1. The van der Waals surface area contributed by atoms with Gasteiger partial charge in [-0.25, -0.2) is 0 Å². The molecule has 0 bridgehead atoms. The first-order valence-corrected chi connectivity index (χ1v) is 6.65. The van der Waals surface area contributed by atoms with Gasteiger partial charge >= 0.3 is 0 Å². The van der Waals surface area contributed by atoms with E-state index < -0.39 is 0 Å². The number of unbranched alkanes of at least 4 members (excludes halogenated alkanes) is 1. The summed E-state index contributed by atoms with van der Waals surface area (Å²) in [7, 11) is 2.01. The number of hydrogen-bond donors (Lipinski definition) is 1. The molecule has 17 heavy (non-hydrogen) atoms. The smallest absolute Gasteiger partial charge is 0.119 e. The van der Waals surface area contributed by atoms with Crippen LogP contribution in [0.4, 0.5) is 0 Å². The molecule has 0 aromatic heterocycles. The maximum Gasteiger partial charge on any atom is 0.119 e. The van der Waals surface area contributed by atoms with Gasteiger partial charge in [-0.3, -0.25) is 0 Å². The van der Waals surface area contributed by atoms with E-state index in [1.807, 2.05) is 7.05 Å². The lowest BCUT2D eigenvalue weighted by Gasteiger charge is -2.10. The van der Waals surface area contributed by atoms with Gasteiger partial charge in [-0.2, -0.15) is 0 Å². The second kappa shape index (κ2) is 8.13. The molecule has 1 atom stereocenters. The van der Waals surface area contributed by atoms with E-state index in [4.69, 9.17) is 4.74 Å². The van der Waals surface area contributed by atoms with Crippen molar-refractivity contribution in [2.75, 3.05) is 13.7 Å². The summed E-state index contributed by atoms with van der Waals surface area (Å²) in [5, 5.41) is 3.26. The summed E-state index contributed by atoms with van der Waals surface area (Å²) >= 11 is 0. The Labute approximate surface area is 105 Å². The van der Waals surface area contributed by atoms with Gasteiger partial charge in [-0.15, -0.1) is 0 Å². The van der Waals surface area contributed by atoms with Crippen molar-refractivity contribution in [3.05, 3.63) is 29.8 Å². The van der Waals surface area contributed by atoms with Crippen molar-refractivity contribution in [3.8, 4) is 5.75 Å². The van der Waals surface area contributed by atoms with E-state index in [0.717, 1.165) is 25.2 Å². The fourth-order valence-electron chi connectivity index (χ4n) is 1.61. The fraction of sp³-hybridized carbons (Fsp3) is 0.600. The van der Waals surface area contributed by atoms with Gasteiger partial charge in [-0.05, 0) is 50.9 Å². The van der Waals surface area contributed by atoms with Crippen LogP contribution >= 0.6 is 0 Å². The van der Waals surface area contributed by atoms with E-state index >= 15 is 0 Å². The molecule has 1 aromatic carbocycles. The summed E-state index contributed by atoms with van der Waals surface area (Å²) in [5.41, 5.74) is 1.38. The summed E-state index contributed by atoms with van der Waals surface area (Å²) < 4.78 is 5.64. The van der Waals surface area contributed by atoms with Crippen LogP contribution < -0.4 is 10.1 Å². The largest absolute Gasteiger partial charge is 0.494 e. The number of aryl methyl sites for hydroxylation is 1. The van der Waals surface area contributed by atoms with Gasteiger partial charge in [0.15, 0.2) is 0 Å². The van der Waals surface area contributed by atoms with Gasteiger partial charge in [-0.1, -0.05) is 25.5 Å². The van der Waals surface area contributed by atoms with Gasteiger partial charge in [0, 0.05) is 6.04 Å². The van der Waals surface area contributed by atoms with Crippen molar-refractivity contribution in [1.82, 2.24) is 5.32 Å². The van der Waals surface area contributed by atoms with E-state index in [1.165, 1.54) is 18.4 Å². The molecule has 0 saturated carbocycles. The molecule has 1 unspecified atom stereocenters. The van der Waals surface area contributed by atoms with Crippen LogP contribution in [0.2, 0.25) is 0 Å². The lowest BCUT2D eigenvalue weighted by Crippen LogP contribution is -2.21. The predicted octanol–water partition coefficient (Wildman–Crippen LogP) is 3.41. The predicted molar refractivity (Wildman–Crippen MR) is 73.7 cm³/mol. The van der Waals surface area contributed by atoms with Crippen molar-refractivity contribution in [1.29, 1.82) is 0 Å². The molecule has 0 aliphatic carbocycles. The van der Waals surface area contributed by atoms with Crippen LogP contribution in [-0.2, 0) is 6.42 Å². The molecular weight excluding hydrogens is 210 g/mol. The quantitative estimate of drug-likeness (QED) is 0.697. The molecule has 0 aliphatic heterocycles. The Morgan fingerprint density at radius 1 is 1.24 bits per heavy atom. The van der Waals surface area contributed by atoms with Crippen LogP contribution in [0.5, 0.6) is 5.75 Å². The second-order valence-corrected chi connectivity index (χ2v) is 4.57. The number of nitrogens with one attached hydrogen (secondary N) is 1. The minimum absolute atomic E-state index is 0.579. The zero-order chi connectivity index (χ0) is 12.5. The third-order valence-electron chi connectivity index (χ3n) is 3.05. The summed E-state index contributed by atoms with van der Waals surface area (Å²) in [6.45, 7) is 5.21. The molecule has 2 nitrogen and oxygen atoms in total. The third kappa shape index (κ3) is 5.73. The fourth-order valence-corrected chi connectivity index (χ4v) is 1.61. The molecule has 2 heteroatoms. The molecule has 0 aliphatic rings. The topological polar surface area (TPSA) is 21.3 Å². The second-order valence-electron chi connectivity index (χ2n) is 4.57. The Kier molecular flexibility index (Phi) is 6.71. The average molecular weight is 235 g/mol. The van der Waals surface area contributed by atoms with E-state index in [9.17, 15) is 0 Å². The molecule has 0 saturated heterocycles. The normalized spacial score (nSPS) is 12.4. The highest BCUT2D eigenvalue weighted by Gasteiger charge is 2.00. The maximum atomic E-state index is 5.64. The van der Waals surface area contributed by atoms with Gasteiger partial charge in [0.2, 0.25) is 0 Å². The van der Waals surface area contributed by atoms with Crippen molar-refractivity contribution in [2.24, 2.45) is 0 Å². The standard InChI is InChI=1S/C15H25NO/c1-4-5-12-17-15-10-8-14(9-11-15)7-6-13(2)16-3/h8-11,13,16H,4-7,12H2,1-3H3. The van der Waals surface area contributed by atoms with Crippen LogP contribution in [0.25, 0.3) is 0 Å². The Bertz CT molecular complexity index is 294. The highest BCUT2D eigenvalue weighted by atomic mass is 16.5. The van der Waals surface area contributed by atoms with E-state index in [-0.39, 0.29) is 0 Å². The monoisotopic (exact) mass is 235 g/mol. The molecule has 0 fully saturated rings. The summed E-state index contributed by atoms with van der Waals surface area (Å²) in [6, 6.07) is 9.08. The molecule has 1 aromatic rings. The lowest BCUT2D eigenvalue weighted by molar-refractivity contribution is 0.309. The SMILES string of the molecule is CCCCOc1ccc(CCC(C)NC)cc1. The lowest BCUT2D eigenvalue weighted by atomic mass is 10.1. The van der Waals surface area contributed by atoms with Gasteiger partial charge in [0.05, 0.1) is 6.61 Å². The summed E-state index contributed by atoms with van der Waals surface area (Å²) in [6.07, 6.45) is 4.60. The number of hydrogen-bond acceptors (Lipinski definition) is 2. The third-order valence-corrected chi connectivity index (χ3v) is 3.05. The van der Waals surface area contributed by atoms with Crippen LogP contribution in [-0.4, -0.2) is 19.7 Å². The zero-order valence-electron chi connectivity index (χ0n) is 11.3. The van der Waals surface area contributed by atoms with Crippen LogP contribution in [0.3, 0.4) is 0 Å². The first-order chi connectivity index (χ1) is 8.26. The Morgan fingerprint density at radius 3 is 2.53 bits per heavy atom. The van der Waals surface area contributed by atoms with Gasteiger partial charge < -0.3 is 10.1 Å². The van der Waals surface area contributed by atoms with Crippen LogP contribution in [0.15, 0.2) is 24.3 Å². The molecule has 1 rings (SSSR count). The maximum absolute atomic E-state index is 5.64. The zero-order valence-corrected chi connectivity index (χ0v) is 11.3. The average Bonchev–Trinajstić information content (AvgIpc) is 2.37. The summed E-state index contributed by atoms with van der Waals surface area (Å²) in [4.78, 5) is 0. The van der Waals surface area contributed by atoms with Crippen molar-refractivity contribution >= 4 is 0 Å². The van der Waals surface area contributed by atoms with Gasteiger partial charge in [0.1, 0.15) is 5.75 Å². The molecular formula is C15H25NO. The van der Waals surface area contributed by atoms with Crippen LogP contribution in [0.1, 0.15) is 38.7 Å². The minimum Gasteiger partial charge on any atom is -0.494 e. The molecule has 96 valence electrons. The minimum atomic E-state index is 0.579. The molecule has 1 N–H and O–H groups in total. The van der Waals surface area contributed by atoms with Crippen molar-refractivity contribution in [2.45, 2.75) is 45.6 Å². The van der Waals surface area contributed by atoms with Crippen LogP contribution in [0, 0.1) is 0 Å². The first-order valence-electron chi connectivity index (χ1n) is 6.65. The van der Waals surface area contributed by atoms with E-state index in [0.29, 0.717) is 6.04 Å². The van der Waals surface area contributed by atoms with E-state index in [2.05, 4.69) is 43.4 Å². The molecule has 0 spiro atoms. The highest BCUT2D eigenvalue weighted by molar-refractivity contribution is 5.27. The first kappa shape index (κ1) is 14.0. The molecule has 0 heterocycles. The molecule has 0 radical (unpaired) electrons. The Balaban J connectivity index is 2.34. The van der Waals surface area contributed by atoms with Gasteiger partial charge in [0.25, 0.3) is 0 Å². The Hall–Kier alpha value is -1.02. The number of rotatable bonds is 8. The highest BCUT2D eigenvalue weighted by Crippen LogP contribution is 2.14. The van der Waals surface area contributed by atoms with Crippen molar-refractivity contribution < 1.29 is 4.74 Å².